The highest BCUT2D eigenvalue weighted by Crippen LogP contribution is 1.91. The van der Waals surface area contributed by atoms with E-state index in [4.69, 9.17) is 0 Å². The summed E-state index contributed by atoms with van der Waals surface area (Å²) in [5, 5.41) is 0. The Morgan fingerprint density at radius 1 is 1.57 bits per heavy atom. The van der Waals surface area contributed by atoms with Gasteiger partial charge in [0.05, 0.1) is 0 Å². The molecule has 0 saturated heterocycles. The van der Waals surface area contributed by atoms with E-state index < -0.39 is 0 Å². The number of hydrogen-bond donors (Lipinski definition) is 0. The molecule has 2 radical (unpaired) electrons. The maximum atomic E-state index is 3.69. The Hall–Kier alpha value is -0.260. The first-order valence-corrected chi connectivity index (χ1v) is 2.65. The van der Waals surface area contributed by atoms with E-state index >= 15 is 0 Å². The summed E-state index contributed by atoms with van der Waals surface area (Å²) < 4.78 is 0. The molecule has 0 spiro atoms. The fraction of sp³-hybridized carbons (Fsp3) is 0.429. The Kier molecular flexibility index (Phi) is 5.53. The van der Waals surface area contributed by atoms with Gasteiger partial charge in [-0.15, -0.1) is 0 Å². The third-order valence-electron chi connectivity index (χ3n) is 0.699. The van der Waals surface area contributed by atoms with Crippen molar-refractivity contribution in [2.75, 3.05) is 0 Å². The van der Waals surface area contributed by atoms with Crippen molar-refractivity contribution in [3.8, 4) is 0 Å². The van der Waals surface area contributed by atoms with Crippen LogP contribution in [0.4, 0.5) is 0 Å². The van der Waals surface area contributed by atoms with Crippen LogP contribution >= 0.6 is 0 Å². The van der Waals surface area contributed by atoms with Gasteiger partial charge >= 0.3 is 0 Å². The van der Waals surface area contributed by atoms with Crippen LogP contribution in [0.5, 0.6) is 0 Å². The highest BCUT2D eigenvalue weighted by molar-refractivity contribution is 4.91. The smallest absolute Gasteiger partial charge is 0.0171 e. The Labute approximate surface area is 46.2 Å². The van der Waals surface area contributed by atoms with Crippen molar-refractivity contribution in [1.82, 2.24) is 0 Å². The largest absolute Gasteiger partial charge is 0.0914 e. The lowest BCUT2D eigenvalue weighted by molar-refractivity contribution is 1.00. The fourth-order valence-corrected chi connectivity index (χ4v) is 0.350. The second kappa shape index (κ2) is 5.74. The summed E-state index contributed by atoms with van der Waals surface area (Å²) in [5.74, 6) is 0. The minimum absolute atomic E-state index is 1.00. The van der Waals surface area contributed by atoms with Crippen molar-refractivity contribution >= 4 is 0 Å². The average Bonchev–Trinajstić information content (AvgIpc) is 1.69. The first-order valence-electron chi connectivity index (χ1n) is 2.65. The topological polar surface area (TPSA) is 0 Å². The molecule has 0 aromatic heterocycles. The van der Waals surface area contributed by atoms with E-state index in [9.17, 15) is 0 Å². The molecule has 0 unspecified atom stereocenters. The van der Waals surface area contributed by atoms with Crippen molar-refractivity contribution in [3.05, 3.63) is 25.5 Å². The molecule has 7 heavy (non-hydrogen) atoms. The van der Waals surface area contributed by atoms with Crippen molar-refractivity contribution in [2.45, 2.75) is 19.8 Å². The van der Waals surface area contributed by atoms with Gasteiger partial charge in [-0.3, -0.25) is 0 Å². The number of rotatable bonds is 3. The molecule has 0 aliphatic rings. The van der Waals surface area contributed by atoms with Crippen LogP contribution in [0.15, 0.2) is 12.2 Å². The molecule has 0 aliphatic carbocycles. The summed E-state index contributed by atoms with van der Waals surface area (Å²) in [5.41, 5.74) is 0. The molecule has 0 N–H and O–H groups in total. The molecule has 0 heteroatoms. The van der Waals surface area contributed by atoms with Crippen LogP contribution in [0, 0.1) is 13.3 Å². The molecular weight excluding hydrogens is 84.1 g/mol. The van der Waals surface area contributed by atoms with Crippen molar-refractivity contribution in [2.24, 2.45) is 0 Å². The van der Waals surface area contributed by atoms with Crippen LogP contribution in [-0.4, -0.2) is 0 Å². The zero-order valence-corrected chi connectivity index (χ0v) is 4.85. The fourth-order valence-electron chi connectivity index (χ4n) is 0.350. The maximum absolute atomic E-state index is 3.69. The van der Waals surface area contributed by atoms with E-state index in [1.807, 2.05) is 19.1 Å². The summed E-state index contributed by atoms with van der Waals surface area (Å²) in [6.07, 6.45) is 8.29. The molecular formula is C7H12. The molecule has 0 aromatic rings. The Morgan fingerprint density at radius 2 is 2.29 bits per heavy atom. The second-order valence-electron chi connectivity index (χ2n) is 1.40. The highest BCUT2D eigenvalue weighted by Gasteiger charge is 1.73. The van der Waals surface area contributed by atoms with Gasteiger partial charge in [-0.1, -0.05) is 25.5 Å². The lowest BCUT2D eigenvalue weighted by Crippen LogP contribution is -1.65. The molecule has 0 rings (SSSR count). The molecule has 0 aromatic carbocycles. The van der Waals surface area contributed by atoms with E-state index in [2.05, 4.69) is 13.3 Å². The Balaban J connectivity index is 2.69. The van der Waals surface area contributed by atoms with Crippen molar-refractivity contribution < 1.29 is 0 Å². The van der Waals surface area contributed by atoms with Gasteiger partial charge in [0.25, 0.3) is 0 Å². The zero-order valence-electron chi connectivity index (χ0n) is 4.85. The molecule has 0 atom stereocenters. The molecule has 0 nitrogen and oxygen atoms in total. The first-order chi connectivity index (χ1) is 3.41. The Bertz CT molecular complexity index is 44.0. The van der Waals surface area contributed by atoms with Crippen LogP contribution < -0.4 is 0 Å². The van der Waals surface area contributed by atoms with Gasteiger partial charge in [-0.25, -0.2) is 0 Å². The standard InChI is InChI=1S/C7H12/c1-3-5-7-6-4-2/h4,6-7H,1,3,5H2,2H3. The summed E-state index contributed by atoms with van der Waals surface area (Å²) in [6, 6.07) is 0. The third kappa shape index (κ3) is 5.74. The second-order valence-corrected chi connectivity index (χ2v) is 1.40. The van der Waals surface area contributed by atoms with Gasteiger partial charge in [-0.05, 0) is 19.8 Å². The number of hydrogen-bond acceptors (Lipinski definition) is 0. The number of unbranched alkanes of at least 4 members (excludes halogenated alkanes) is 2. The van der Waals surface area contributed by atoms with Gasteiger partial charge < -0.3 is 0 Å². The number of allylic oxidation sites excluding steroid dienone is 2. The molecule has 0 amide bonds. The quantitative estimate of drug-likeness (QED) is 0.473. The van der Waals surface area contributed by atoms with E-state index in [1.54, 1.807) is 0 Å². The van der Waals surface area contributed by atoms with Gasteiger partial charge in [0.1, 0.15) is 0 Å². The van der Waals surface area contributed by atoms with Crippen molar-refractivity contribution in [3.63, 3.8) is 0 Å². The lowest BCUT2D eigenvalue weighted by Gasteiger charge is -1.83. The zero-order chi connectivity index (χ0) is 5.54. The summed E-state index contributed by atoms with van der Waals surface area (Å²) >= 11 is 0. The van der Waals surface area contributed by atoms with Crippen LogP contribution in [0.3, 0.4) is 0 Å². The predicted octanol–water partition coefficient (Wildman–Crippen LogP) is 2.38. The summed E-state index contributed by atoms with van der Waals surface area (Å²) in [6.45, 7) is 5.71. The summed E-state index contributed by atoms with van der Waals surface area (Å²) in [4.78, 5) is 0. The SMILES string of the molecule is [CH2]CC[CH]C=CC. The summed E-state index contributed by atoms with van der Waals surface area (Å²) in [7, 11) is 0. The third-order valence-corrected chi connectivity index (χ3v) is 0.699. The van der Waals surface area contributed by atoms with Gasteiger partial charge in [-0.2, -0.15) is 0 Å². The van der Waals surface area contributed by atoms with Crippen LogP contribution in [0.25, 0.3) is 0 Å². The van der Waals surface area contributed by atoms with Crippen LogP contribution in [0.1, 0.15) is 19.8 Å². The molecule has 0 fully saturated rings. The van der Waals surface area contributed by atoms with E-state index in [-0.39, 0.29) is 0 Å². The highest BCUT2D eigenvalue weighted by atomic mass is 13.8. The van der Waals surface area contributed by atoms with Crippen molar-refractivity contribution in [1.29, 1.82) is 0 Å². The van der Waals surface area contributed by atoms with E-state index in [0.29, 0.717) is 0 Å². The molecule has 0 saturated carbocycles. The van der Waals surface area contributed by atoms with Crippen LogP contribution in [-0.2, 0) is 0 Å². The van der Waals surface area contributed by atoms with E-state index in [0.717, 1.165) is 12.8 Å². The molecule has 40 valence electrons. The minimum atomic E-state index is 1.00. The lowest BCUT2D eigenvalue weighted by atomic mass is 10.2. The van der Waals surface area contributed by atoms with Gasteiger partial charge in [0, 0.05) is 0 Å². The van der Waals surface area contributed by atoms with E-state index in [1.165, 1.54) is 0 Å². The Morgan fingerprint density at radius 3 is 2.71 bits per heavy atom. The predicted molar refractivity (Wildman–Crippen MR) is 33.7 cm³/mol. The monoisotopic (exact) mass is 96.1 g/mol. The maximum Gasteiger partial charge on any atom is -0.0171 e. The van der Waals surface area contributed by atoms with Crippen LogP contribution in [0.2, 0.25) is 0 Å². The van der Waals surface area contributed by atoms with Gasteiger partial charge in [0.2, 0.25) is 0 Å². The molecule has 0 aliphatic heterocycles. The minimum Gasteiger partial charge on any atom is -0.0914 e. The molecule has 0 bridgehead atoms. The first kappa shape index (κ1) is 6.74. The molecule has 0 heterocycles. The average molecular weight is 96.2 g/mol. The normalized spacial score (nSPS) is 10.6. The van der Waals surface area contributed by atoms with Gasteiger partial charge in [0.15, 0.2) is 0 Å².